The monoisotopic (exact) mass is 508 g/mol. The summed E-state index contributed by atoms with van der Waals surface area (Å²) in [7, 11) is -3.84. The number of nitrogens with one attached hydrogen (secondary N) is 2. The van der Waals surface area contributed by atoms with Gasteiger partial charge in [0.2, 0.25) is 5.91 Å². The number of hydrogen-bond acceptors (Lipinski definition) is 10. The van der Waals surface area contributed by atoms with Gasteiger partial charge in [0, 0.05) is 37.1 Å². The maximum absolute atomic E-state index is 12.7. The Kier molecular flexibility index (Phi) is 5.96. The fraction of sp³-hybridized carbons (Fsp3) is 0.318. The standard InChI is InChI=1S/C22H24N10O3S/c1-4-32-21-19(28-30-32)20(23-12-24-21)31-10-15(11-31)22(33)27-16-5-7-17(8-6-16)36(34,35)29-18-9-13(2)25-14(3)26-18/h5-9,12,15H,4,10-11H2,1-3H3,(H,27,33)(H,25,26,29). The molecule has 5 rings (SSSR count). The third-order valence-corrected chi connectivity index (χ3v) is 7.14. The number of sulfonamides is 1. The first-order valence-corrected chi connectivity index (χ1v) is 12.8. The highest BCUT2D eigenvalue weighted by atomic mass is 32.2. The number of rotatable bonds is 7. The van der Waals surface area contributed by atoms with E-state index >= 15 is 0 Å². The number of aromatic nitrogens is 7. The van der Waals surface area contributed by atoms with Gasteiger partial charge in [-0.3, -0.25) is 9.52 Å². The molecule has 0 radical (unpaired) electrons. The van der Waals surface area contributed by atoms with E-state index in [2.05, 4.69) is 40.3 Å². The summed E-state index contributed by atoms with van der Waals surface area (Å²) < 4.78 is 29.6. The molecule has 0 unspecified atom stereocenters. The van der Waals surface area contributed by atoms with Crippen molar-refractivity contribution in [2.24, 2.45) is 5.92 Å². The van der Waals surface area contributed by atoms with Gasteiger partial charge >= 0.3 is 0 Å². The topological polar surface area (TPSA) is 161 Å². The molecule has 0 aliphatic carbocycles. The minimum absolute atomic E-state index is 0.0529. The van der Waals surface area contributed by atoms with Crippen LogP contribution in [-0.2, 0) is 21.4 Å². The molecule has 13 nitrogen and oxygen atoms in total. The smallest absolute Gasteiger partial charge is 0.263 e. The molecular weight excluding hydrogens is 484 g/mol. The van der Waals surface area contributed by atoms with Crippen LogP contribution in [0.15, 0.2) is 41.6 Å². The molecule has 3 aromatic heterocycles. The summed E-state index contributed by atoms with van der Waals surface area (Å²) in [4.78, 5) is 31.6. The Morgan fingerprint density at radius 3 is 2.56 bits per heavy atom. The molecule has 36 heavy (non-hydrogen) atoms. The minimum Gasteiger partial charge on any atom is -0.353 e. The molecule has 1 amide bonds. The van der Waals surface area contributed by atoms with E-state index < -0.39 is 10.0 Å². The summed E-state index contributed by atoms with van der Waals surface area (Å²) in [5, 5.41) is 11.1. The van der Waals surface area contributed by atoms with Gasteiger partial charge in [-0.25, -0.2) is 33.0 Å². The zero-order valence-corrected chi connectivity index (χ0v) is 20.7. The number of carbonyl (C=O) groups excluding carboxylic acids is 1. The second kappa shape index (κ2) is 9.11. The van der Waals surface area contributed by atoms with Crippen LogP contribution >= 0.6 is 0 Å². The number of nitrogens with zero attached hydrogens (tertiary/aromatic N) is 8. The Morgan fingerprint density at radius 2 is 1.86 bits per heavy atom. The van der Waals surface area contributed by atoms with Crippen LogP contribution in [0.1, 0.15) is 18.4 Å². The molecule has 0 spiro atoms. The zero-order valence-electron chi connectivity index (χ0n) is 19.9. The van der Waals surface area contributed by atoms with Crippen molar-refractivity contribution in [3.8, 4) is 0 Å². The van der Waals surface area contributed by atoms with E-state index in [1.54, 1.807) is 36.7 Å². The average molecular weight is 509 g/mol. The molecule has 0 bridgehead atoms. The van der Waals surface area contributed by atoms with Gasteiger partial charge in [0.05, 0.1) is 10.8 Å². The molecular formula is C22H24N10O3S. The van der Waals surface area contributed by atoms with Gasteiger partial charge in [-0.1, -0.05) is 5.21 Å². The molecule has 1 aromatic carbocycles. The fourth-order valence-corrected chi connectivity index (χ4v) is 4.96. The van der Waals surface area contributed by atoms with Crippen molar-refractivity contribution in [3.63, 3.8) is 0 Å². The average Bonchev–Trinajstić information content (AvgIpc) is 3.21. The Bertz CT molecular complexity index is 1530. The predicted octanol–water partition coefficient (Wildman–Crippen LogP) is 1.52. The molecule has 0 atom stereocenters. The summed E-state index contributed by atoms with van der Waals surface area (Å²) in [5.74, 6) is 0.918. The van der Waals surface area contributed by atoms with Crippen molar-refractivity contribution in [3.05, 3.63) is 48.2 Å². The second-order valence-corrected chi connectivity index (χ2v) is 10.1. The van der Waals surface area contributed by atoms with E-state index in [0.29, 0.717) is 53.8 Å². The van der Waals surface area contributed by atoms with Crippen LogP contribution in [0.3, 0.4) is 0 Å². The first-order chi connectivity index (χ1) is 17.2. The number of hydrogen-bond donors (Lipinski definition) is 2. The van der Waals surface area contributed by atoms with E-state index in [0.717, 1.165) is 0 Å². The molecule has 1 aliphatic rings. The predicted molar refractivity (Wildman–Crippen MR) is 132 cm³/mol. The molecule has 4 aromatic rings. The van der Waals surface area contributed by atoms with Crippen molar-refractivity contribution in [2.75, 3.05) is 28.0 Å². The van der Waals surface area contributed by atoms with Crippen LogP contribution in [0.25, 0.3) is 11.2 Å². The van der Waals surface area contributed by atoms with E-state index in [1.807, 2.05) is 11.8 Å². The van der Waals surface area contributed by atoms with Gasteiger partial charge in [-0.05, 0) is 45.0 Å². The van der Waals surface area contributed by atoms with Crippen LogP contribution in [0.2, 0.25) is 0 Å². The lowest BCUT2D eigenvalue weighted by atomic mass is 9.99. The highest BCUT2D eigenvalue weighted by Gasteiger charge is 2.35. The van der Waals surface area contributed by atoms with E-state index in [4.69, 9.17) is 0 Å². The zero-order chi connectivity index (χ0) is 25.4. The molecule has 2 N–H and O–H groups in total. The highest BCUT2D eigenvalue weighted by molar-refractivity contribution is 7.92. The van der Waals surface area contributed by atoms with Crippen molar-refractivity contribution >= 4 is 44.4 Å². The number of carbonyl (C=O) groups is 1. The lowest BCUT2D eigenvalue weighted by Gasteiger charge is -2.38. The largest absolute Gasteiger partial charge is 0.353 e. The maximum atomic E-state index is 12.7. The van der Waals surface area contributed by atoms with Crippen molar-refractivity contribution in [1.82, 2.24) is 34.9 Å². The maximum Gasteiger partial charge on any atom is 0.263 e. The third kappa shape index (κ3) is 4.54. The number of benzene rings is 1. The number of amides is 1. The molecule has 1 aliphatic heterocycles. The SMILES string of the molecule is CCn1nnc2c(N3CC(C(=O)Nc4ccc(S(=O)(=O)Nc5cc(C)nc(C)n5)cc4)C3)ncnc21. The minimum atomic E-state index is -3.84. The molecule has 14 heteroatoms. The van der Waals surface area contributed by atoms with Crippen molar-refractivity contribution in [2.45, 2.75) is 32.2 Å². The Labute approximate surface area is 207 Å². The van der Waals surface area contributed by atoms with Gasteiger partial charge in [-0.15, -0.1) is 5.10 Å². The molecule has 186 valence electrons. The molecule has 1 fully saturated rings. The first-order valence-electron chi connectivity index (χ1n) is 11.3. The van der Waals surface area contributed by atoms with Gasteiger partial charge < -0.3 is 10.2 Å². The van der Waals surface area contributed by atoms with E-state index in [9.17, 15) is 13.2 Å². The summed E-state index contributed by atoms with van der Waals surface area (Å²) in [5.41, 5.74) is 2.42. The van der Waals surface area contributed by atoms with Crippen molar-refractivity contribution < 1.29 is 13.2 Å². The Morgan fingerprint density at radius 1 is 1.11 bits per heavy atom. The summed E-state index contributed by atoms with van der Waals surface area (Å²) in [6, 6.07) is 7.52. The number of anilines is 3. The van der Waals surface area contributed by atoms with Crippen LogP contribution in [-0.4, -0.2) is 62.3 Å². The van der Waals surface area contributed by atoms with Crippen LogP contribution in [0.4, 0.5) is 17.3 Å². The molecule has 1 saturated heterocycles. The summed E-state index contributed by atoms with van der Waals surface area (Å²) in [6.07, 6.45) is 1.47. The van der Waals surface area contributed by atoms with E-state index in [1.165, 1.54) is 18.5 Å². The quantitative estimate of drug-likeness (QED) is 0.374. The van der Waals surface area contributed by atoms with Gasteiger partial charge in [0.25, 0.3) is 10.0 Å². The first kappa shape index (κ1) is 23.5. The van der Waals surface area contributed by atoms with Crippen LogP contribution in [0.5, 0.6) is 0 Å². The Balaban J connectivity index is 1.21. The van der Waals surface area contributed by atoms with Crippen LogP contribution < -0.4 is 14.9 Å². The summed E-state index contributed by atoms with van der Waals surface area (Å²) >= 11 is 0. The van der Waals surface area contributed by atoms with Gasteiger partial charge in [0.15, 0.2) is 17.0 Å². The van der Waals surface area contributed by atoms with Gasteiger partial charge in [0.1, 0.15) is 18.0 Å². The summed E-state index contributed by atoms with van der Waals surface area (Å²) in [6.45, 7) is 7.01. The third-order valence-electron chi connectivity index (χ3n) is 5.77. The highest BCUT2D eigenvalue weighted by Crippen LogP contribution is 2.28. The number of fused-ring (bicyclic) bond motifs is 1. The fourth-order valence-electron chi connectivity index (χ4n) is 3.97. The van der Waals surface area contributed by atoms with Gasteiger partial charge in [-0.2, -0.15) is 0 Å². The van der Waals surface area contributed by atoms with E-state index in [-0.39, 0.29) is 22.5 Å². The number of aryl methyl sites for hydroxylation is 3. The molecule has 4 heterocycles. The lowest BCUT2D eigenvalue weighted by Crippen LogP contribution is -2.52. The van der Waals surface area contributed by atoms with Crippen LogP contribution in [0, 0.1) is 19.8 Å². The normalized spacial score (nSPS) is 14.0. The van der Waals surface area contributed by atoms with Crippen molar-refractivity contribution in [1.29, 1.82) is 0 Å². The second-order valence-electron chi connectivity index (χ2n) is 8.44. The molecule has 0 saturated carbocycles. The Hall–Kier alpha value is -4.20. The lowest BCUT2D eigenvalue weighted by molar-refractivity contribution is -0.120.